The first-order chi connectivity index (χ1) is 12.6. The van der Waals surface area contributed by atoms with Crippen LogP contribution in [0.25, 0.3) is 11.3 Å². The summed E-state index contributed by atoms with van der Waals surface area (Å²) < 4.78 is 11.4. The van der Waals surface area contributed by atoms with Gasteiger partial charge in [-0.05, 0) is 67.3 Å². The van der Waals surface area contributed by atoms with Gasteiger partial charge in [0.05, 0.1) is 17.7 Å². The predicted molar refractivity (Wildman–Crippen MR) is 102 cm³/mol. The molecule has 1 aromatic carbocycles. The van der Waals surface area contributed by atoms with Gasteiger partial charge in [-0.1, -0.05) is 11.6 Å². The minimum Gasteiger partial charge on any atom is -0.495 e. The fourth-order valence-electron chi connectivity index (χ4n) is 6.21. The lowest BCUT2D eigenvalue weighted by Gasteiger charge is -2.54. The zero-order valence-corrected chi connectivity index (χ0v) is 16.1. The normalized spacial score (nSPS) is 32.2. The summed E-state index contributed by atoms with van der Waals surface area (Å²) in [5.74, 6) is 5.60. The Bertz CT molecular complexity index is 777. The number of quaternary nitrogens is 1. The summed E-state index contributed by atoms with van der Waals surface area (Å²) in [4.78, 5) is 0. The van der Waals surface area contributed by atoms with Gasteiger partial charge in [0.15, 0.2) is 5.76 Å². The highest BCUT2D eigenvalue weighted by atomic mass is 35.5. The number of methoxy groups -OCH3 is 1. The number of rotatable bonds is 5. The Morgan fingerprint density at radius 2 is 1.77 bits per heavy atom. The highest BCUT2D eigenvalue weighted by molar-refractivity contribution is 6.32. The summed E-state index contributed by atoms with van der Waals surface area (Å²) >= 11 is 6.25. The maximum absolute atomic E-state index is 6.25. The van der Waals surface area contributed by atoms with Crippen molar-refractivity contribution in [3.8, 4) is 17.1 Å². The van der Waals surface area contributed by atoms with Crippen molar-refractivity contribution in [2.24, 2.45) is 17.8 Å². The lowest BCUT2D eigenvalue weighted by Crippen LogP contribution is -2.97. The van der Waals surface area contributed by atoms with Crippen LogP contribution in [0.1, 0.15) is 44.3 Å². The maximum atomic E-state index is 6.25. The molecule has 0 spiro atoms. The fourth-order valence-corrected chi connectivity index (χ4v) is 6.46. The van der Waals surface area contributed by atoms with Crippen molar-refractivity contribution < 1.29 is 14.5 Å². The number of ether oxygens (including phenoxy) is 1. The second kappa shape index (κ2) is 6.31. The third-order valence-electron chi connectivity index (χ3n) is 6.92. The highest BCUT2D eigenvalue weighted by Gasteiger charge is 2.53. The van der Waals surface area contributed by atoms with Crippen molar-refractivity contribution in [1.29, 1.82) is 0 Å². The van der Waals surface area contributed by atoms with Crippen LogP contribution in [0.3, 0.4) is 0 Å². The minimum atomic E-state index is 0.491. The topological polar surface area (TPSA) is 39.0 Å². The monoisotopic (exact) mass is 372 g/mol. The van der Waals surface area contributed by atoms with Gasteiger partial charge in [-0.3, -0.25) is 0 Å². The van der Waals surface area contributed by atoms with Crippen molar-refractivity contribution in [3.63, 3.8) is 0 Å². The van der Waals surface area contributed by atoms with E-state index >= 15 is 0 Å². The number of hydrogen-bond donors (Lipinski definition) is 1. The number of hydrogen-bond acceptors (Lipinski definition) is 2. The van der Waals surface area contributed by atoms with Crippen LogP contribution >= 0.6 is 11.6 Å². The van der Waals surface area contributed by atoms with E-state index in [4.69, 9.17) is 20.8 Å². The Balaban J connectivity index is 1.28. The van der Waals surface area contributed by atoms with E-state index in [1.807, 2.05) is 18.2 Å². The molecule has 0 amide bonds. The first-order valence-electron chi connectivity index (χ1n) is 9.89. The molecule has 4 heteroatoms. The van der Waals surface area contributed by atoms with Crippen molar-refractivity contribution in [1.82, 2.24) is 0 Å². The molecule has 3 nitrogen and oxygen atoms in total. The molecule has 1 aromatic heterocycles. The third-order valence-corrected chi connectivity index (χ3v) is 7.22. The van der Waals surface area contributed by atoms with E-state index < -0.39 is 0 Å². The van der Waals surface area contributed by atoms with Gasteiger partial charge in [0, 0.05) is 24.8 Å². The SMILES string of the molecule is COc1ccc(-c2ccc(C[NH2+]C34CC5CC(CC(C5)C3)C4)o2)cc1Cl. The lowest BCUT2D eigenvalue weighted by molar-refractivity contribution is -0.754. The Hall–Kier alpha value is -1.45. The van der Waals surface area contributed by atoms with E-state index in [0.717, 1.165) is 41.4 Å². The third kappa shape index (κ3) is 2.95. The maximum Gasteiger partial charge on any atom is 0.158 e. The van der Waals surface area contributed by atoms with E-state index in [9.17, 15) is 0 Å². The smallest absolute Gasteiger partial charge is 0.158 e. The summed E-state index contributed by atoms with van der Waals surface area (Å²) in [6, 6.07) is 9.97. The van der Waals surface area contributed by atoms with Crippen molar-refractivity contribution in [2.75, 3.05) is 7.11 Å². The van der Waals surface area contributed by atoms with Crippen LogP contribution in [0.5, 0.6) is 5.75 Å². The zero-order chi connectivity index (χ0) is 17.7. The van der Waals surface area contributed by atoms with Crippen LogP contribution in [0, 0.1) is 17.8 Å². The molecule has 4 bridgehead atoms. The number of nitrogens with two attached hydrogens (primary N) is 1. The van der Waals surface area contributed by atoms with Crippen LogP contribution < -0.4 is 10.1 Å². The molecule has 0 radical (unpaired) electrons. The second-order valence-corrected chi connectivity index (χ2v) is 9.21. The molecule has 0 saturated heterocycles. The first kappa shape index (κ1) is 16.7. The largest absolute Gasteiger partial charge is 0.495 e. The highest BCUT2D eigenvalue weighted by Crippen LogP contribution is 2.54. The van der Waals surface area contributed by atoms with Crippen LogP contribution in [0.15, 0.2) is 34.7 Å². The standard InChI is InChI=1S/C22H26ClNO2/c1-25-21-4-2-17(9-19(21)23)20-5-3-18(26-20)13-24-22-10-14-6-15(11-22)8-16(7-14)12-22/h2-5,9,14-16,24H,6-8,10-13H2,1H3/p+1. The molecule has 0 aliphatic heterocycles. The van der Waals surface area contributed by atoms with E-state index in [1.54, 1.807) is 7.11 Å². The van der Waals surface area contributed by atoms with Crippen molar-refractivity contribution in [2.45, 2.75) is 50.6 Å². The molecule has 4 aliphatic rings. The molecule has 2 aromatic rings. The summed E-state index contributed by atoms with van der Waals surface area (Å²) in [5.41, 5.74) is 1.49. The first-order valence-corrected chi connectivity index (χ1v) is 10.3. The van der Waals surface area contributed by atoms with Gasteiger partial charge in [-0.15, -0.1) is 0 Å². The van der Waals surface area contributed by atoms with Crippen LogP contribution in [0.2, 0.25) is 5.02 Å². The number of halogens is 1. The molecular formula is C22H27ClNO2+. The molecule has 1 heterocycles. The van der Waals surface area contributed by atoms with Gasteiger partial charge in [0.25, 0.3) is 0 Å². The Labute approximate surface area is 160 Å². The fraction of sp³-hybridized carbons (Fsp3) is 0.545. The second-order valence-electron chi connectivity index (χ2n) is 8.80. The minimum absolute atomic E-state index is 0.491. The Morgan fingerprint density at radius 1 is 1.08 bits per heavy atom. The molecule has 2 N–H and O–H groups in total. The van der Waals surface area contributed by atoms with Crippen LogP contribution in [0.4, 0.5) is 0 Å². The lowest BCUT2D eigenvalue weighted by atomic mass is 9.53. The van der Waals surface area contributed by atoms with E-state index in [1.165, 1.54) is 38.5 Å². The van der Waals surface area contributed by atoms with Gasteiger partial charge in [0.2, 0.25) is 0 Å². The Morgan fingerprint density at radius 3 is 2.38 bits per heavy atom. The number of furan rings is 1. The average molecular weight is 373 g/mol. The molecule has 4 aliphatic carbocycles. The summed E-state index contributed by atoms with van der Waals surface area (Å²) in [5, 5.41) is 3.21. The quantitative estimate of drug-likeness (QED) is 0.830. The summed E-state index contributed by atoms with van der Waals surface area (Å²) in [6.07, 6.45) is 8.74. The van der Waals surface area contributed by atoms with E-state index in [-0.39, 0.29) is 0 Å². The molecule has 4 saturated carbocycles. The van der Waals surface area contributed by atoms with Crippen LogP contribution in [-0.2, 0) is 6.54 Å². The van der Waals surface area contributed by atoms with Gasteiger partial charge in [-0.2, -0.15) is 0 Å². The summed E-state index contributed by atoms with van der Waals surface area (Å²) in [7, 11) is 1.63. The number of benzene rings is 1. The molecule has 4 fully saturated rings. The molecular weight excluding hydrogens is 346 g/mol. The van der Waals surface area contributed by atoms with Gasteiger partial charge >= 0.3 is 0 Å². The Kier molecular flexibility index (Phi) is 4.06. The van der Waals surface area contributed by atoms with Crippen LogP contribution in [-0.4, -0.2) is 12.6 Å². The van der Waals surface area contributed by atoms with E-state index in [2.05, 4.69) is 17.4 Å². The van der Waals surface area contributed by atoms with E-state index in [0.29, 0.717) is 16.3 Å². The molecule has 6 rings (SSSR count). The van der Waals surface area contributed by atoms with Gasteiger partial charge < -0.3 is 14.5 Å². The molecule has 0 atom stereocenters. The van der Waals surface area contributed by atoms with Gasteiger partial charge in [0.1, 0.15) is 18.1 Å². The molecule has 0 unspecified atom stereocenters. The van der Waals surface area contributed by atoms with Crippen molar-refractivity contribution in [3.05, 3.63) is 41.1 Å². The molecule has 138 valence electrons. The predicted octanol–water partition coefficient (Wildman–Crippen LogP) is 4.64. The molecule has 26 heavy (non-hydrogen) atoms. The zero-order valence-electron chi connectivity index (χ0n) is 15.3. The van der Waals surface area contributed by atoms with Crippen molar-refractivity contribution >= 4 is 11.6 Å². The summed E-state index contributed by atoms with van der Waals surface area (Å²) in [6.45, 7) is 0.941. The van der Waals surface area contributed by atoms with Gasteiger partial charge in [-0.25, -0.2) is 0 Å². The average Bonchev–Trinajstić information content (AvgIpc) is 3.08.